The van der Waals surface area contributed by atoms with E-state index in [1.807, 2.05) is 0 Å². The zero-order chi connectivity index (χ0) is 15.4. The highest BCUT2D eigenvalue weighted by molar-refractivity contribution is 7.09. The van der Waals surface area contributed by atoms with E-state index < -0.39 is 24.5 Å². The molecule has 1 heterocycles. The van der Waals surface area contributed by atoms with Gasteiger partial charge in [0, 0.05) is 13.1 Å². The van der Waals surface area contributed by atoms with E-state index in [1.165, 1.54) is 4.90 Å². The fraction of sp³-hybridized carbons (Fsp3) is 0.727. The van der Waals surface area contributed by atoms with Crippen molar-refractivity contribution >= 4 is 11.3 Å². The molecular formula is C11H14F6N2S. The van der Waals surface area contributed by atoms with Crippen LogP contribution in [0.5, 0.6) is 0 Å². The van der Waals surface area contributed by atoms with Gasteiger partial charge in [0.15, 0.2) is 5.69 Å². The average molecular weight is 320 g/mol. The summed E-state index contributed by atoms with van der Waals surface area (Å²) >= 11 is 0.810. The Bertz CT molecular complexity index is 412. The molecule has 116 valence electrons. The molecule has 0 N–H and O–H groups in total. The van der Waals surface area contributed by atoms with Gasteiger partial charge >= 0.3 is 12.4 Å². The molecule has 1 aromatic rings. The topological polar surface area (TPSA) is 16.1 Å². The van der Waals surface area contributed by atoms with Crippen LogP contribution in [-0.2, 0) is 12.7 Å². The van der Waals surface area contributed by atoms with Gasteiger partial charge in [-0.05, 0) is 13.0 Å². The fourth-order valence-electron chi connectivity index (χ4n) is 1.69. The van der Waals surface area contributed by atoms with Crippen molar-refractivity contribution in [3.63, 3.8) is 0 Å². The van der Waals surface area contributed by atoms with Crippen LogP contribution in [0, 0.1) is 0 Å². The third-order valence-electron chi connectivity index (χ3n) is 2.53. The van der Waals surface area contributed by atoms with E-state index in [1.54, 1.807) is 6.92 Å². The first-order valence-electron chi connectivity index (χ1n) is 5.92. The molecule has 0 radical (unpaired) electrons. The van der Waals surface area contributed by atoms with Crippen molar-refractivity contribution in [2.75, 3.05) is 13.1 Å². The summed E-state index contributed by atoms with van der Waals surface area (Å²) in [7, 11) is 0. The largest absolute Gasteiger partial charge is 0.434 e. The number of halogens is 6. The lowest BCUT2D eigenvalue weighted by Crippen LogP contribution is -2.29. The standard InChI is InChI=1S/C11H14F6N2S/c1-2-4-19(5-3-10(12,13)14)6-8-9(11(15,16)17)18-7-20-8/h7H,2-6H2,1H3. The van der Waals surface area contributed by atoms with Gasteiger partial charge in [0.2, 0.25) is 0 Å². The van der Waals surface area contributed by atoms with E-state index in [-0.39, 0.29) is 18.0 Å². The minimum atomic E-state index is -4.57. The fourth-order valence-corrected chi connectivity index (χ4v) is 2.51. The summed E-state index contributed by atoms with van der Waals surface area (Å²) in [6.45, 7) is 1.60. The Balaban J connectivity index is 2.73. The third kappa shape index (κ3) is 5.66. The molecule has 0 fully saturated rings. The smallest absolute Gasteiger partial charge is 0.298 e. The van der Waals surface area contributed by atoms with E-state index in [0.717, 1.165) is 16.8 Å². The Morgan fingerprint density at radius 3 is 2.30 bits per heavy atom. The number of alkyl halides is 6. The summed E-state index contributed by atoms with van der Waals surface area (Å²) in [5.74, 6) is 0. The highest BCUT2D eigenvalue weighted by atomic mass is 32.1. The van der Waals surface area contributed by atoms with Gasteiger partial charge in [-0.15, -0.1) is 11.3 Å². The van der Waals surface area contributed by atoms with Crippen LogP contribution in [0.4, 0.5) is 26.3 Å². The van der Waals surface area contributed by atoms with Gasteiger partial charge in [-0.3, -0.25) is 4.90 Å². The van der Waals surface area contributed by atoms with Gasteiger partial charge in [-0.25, -0.2) is 4.98 Å². The van der Waals surface area contributed by atoms with E-state index in [0.29, 0.717) is 13.0 Å². The van der Waals surface area contributed by atoms with Gasteiger partial charge in [0.1, 0.15) is 0 Å². The number of nitrogens with zero attached hydrogens (tertiary/aromatic N) is 2. The van der Waals surface area contributed by atoms with Crippen LogP contribution in [0.1, 0.15) is 30.3 Å². The number of rotatable bonds is 6. The molecule has 1 rings (SSSR count). The van der Waals surface area contributed by atoms with E-state index >= 15 is 0 Å². The molecule has 0 bridgehead atoms. The second kappa shape index (κ2) is 6.75. The molecule has 9 heteroatoms. The molecule has 0 atom stereocenters. The van der Waals surface area contributed by atoms with Gasteiger partial charge in [0.05, 0.1) is 16.8 Å². The van der Waals surface area contributed by atoms with E-state index in [4.69, 9.17) is 0 Å². The molecule has 0 aliphatic carbocycles. The first-order valence-corrected chi connectivity index (χ1v) is 6.80. The van der Waals surface area contributed by atoms with Crippen molar-refractivity contribution < 1.29 is 26.3 Å². The molecule has 0 unspecified atom stereocenters. The van der Waals surface area contributed by atoms with Crippen LogP contribution in [0.15, 0.2) is 5.51 Å². The number of thiazole rings is 1. The quantitative estimate of drug-likeness (QED) is 0.726. The molecule has 0 spiro atoms. The molecule has 0 saturated heterocycles. The van der Waals surface area contributed by atoms with Crippen LogP contribution >= 0.6 is 11.3 Å². The van der Waals surface area contributed by atoms with Gasteiger partial charge in [-0.1, -0.05) is 6.92 Å². The first kappa shape index (κ1) is 17.2. The van der Waals surface area contributed by atoms with Gasteiger partial charge < -0.3 is 0 Å². The lowest BCUT2D eigenvalue weighted by Gasteiger charge is -2.22. The summed E-state index contributed by atoms with van der Waals surface area (Å²) < 4.78 is 74.5. The van der Waals surface area contributed by atoms with Crippen LogP contribution < -0.4 is 0 Å². The number of aromatic nitrogens is 1. The SMILES string of the molecule is CCCN(CCC(F)(F)F)Cc1scnc1C(F)(F)F. The molecule has 20 heavy (non-hydrogen) atoms. The molecule has 0 saturated carbocycles. The van der Waals surface area contributed by atoms with Crippen molar-refractivity contribution in [1.29, 1.82) is 0 Å². The normalized spacial score (nSPS) is 13.2. The summed E-state index contributed by atoms with van der Waals surface area (Å²) in [5, 5.41) is 0. The lowest BCUT2D eigenvalue weighted by atomic mass is 10.3. The summed E-state index contributed by atoms with van der Waals surface area (Å²) in [6.07, 6.45) is -9.35. The molecular weight excluding hydrogens is 306 g/mol. The average Bonchev–Trinajstić information content (AvgIpc) is 2.73. The maximum absolute atomic E-state index is 12.6. The Hall–Kier alpha value is -0.830. The minimum Gasteiger partial charge on any atom is -0.298 e. The molecule has 1 aromatic heterocycles. The number of hydrogen-bond acceptors (Lipinski definition) is 3. The van der Waals surface area contributed by atoms with E-state index in [9.17, 15) is 26.3 Å². The predicted octanol–water partition coefficient (Wildman–Crippen LogP) is 4.33. The predicted molar refractivity (Wildman–Crippen MR) is 63.4 cm³/mol. The minimum absolute atomic E-state index is 0.0480. The third-order valence-corrected chi connectivity index (χ3v) is 3.35. The second-order valence-corrected chi connectivity index (χ2v) is 5.20. The van der Waals surface area contributed by atoms with Crippen molar-refractivity contribution in [2.24, 2.45) is 0 Å². The highest BCUT2D eigenvalue weighted by Crippen LogP contribution is 2.33. The lowest BCUT2D eigenvalue weighted by molar-refractivity contribution is -0.143. The van der Waals surface area contributed by atoms with Crippen molar-refractivity contribution in [2.45, 2.75) is 38.7 Å². The van der Waals surface area contributed by atoms with Crippen LogP contribution in [-0.4, -0.2) is 29.1 Å². The molecule has 0 aliphatic heterocycles. The maximum Gasteiger partial charge on any atom is 0.434 e. The molecule has 0 aromatic carbocycles. The summed E-state index contributed by atoms with van der Waals surface area (Å²) in [6, 6.07) is 0. The zero-order valence-electron chi connectivity index (χ0n) is 10.7. The Morgan fingerprint density at radius 2 is 1.80 bits per heavy atom. The highest BCUT2D eigenvalue weighted by Gasteiger charge is 2.36. The Labute approximate surface area is 116 Å². The summed E-state index contributed by atoms with van der Waals surface area (Å²) in [4.78, 5) is 4.58. The second-order valence-electron chi connectivity index (χ2n) is 4.26. The molecule has 2 nitrogen and oxygen atoms in total. The Morgan fingerprint density at radius 1 is 1.15 bits per heavy atom. The first-order chi connectivity index (χ1) is 9.13. The van der Waals surface area contributed by atoms with Crippen LogP contribution in [0.3, 0.4) is 0 Å². The van der Waals surface area contributed by atoms with Crippen molar-refractivity contribution in [3.05, 3.63) is 16.1 Å². The van der Waals surface area contributed by atoms with Crippen molar-refractivity contribution in [1.82, 2.24) is 9.88 Å². The summed E-state index contributed by atoms with van der Waals surface area (Å²) in [5.41, 5.74) is 0.0575. The maximum atomic E-state index is 12.6. The van der Waals surface area contributed by atoms with Crippen LogP contribution in [0.2, 0.25) is 0 Å². The van der Waals surface area contributed by atoms with Gasteiger partial charge in [0.25, 0.3) is 0 Å². The monoisotopic (exact) mass is 320 g/mol. The number of hydrogen-bond donors (Lipinski definition) is 0. The van der Waals surface area contributed by atoms with Crippen LogP contribution in [0.25, 0.3) is 0 Å². The van der Waals surface area contributed by atoms with Crippen molar-refractivity contribution in [3.8, 4) is 0 Å². The molecule has 0 amide bonds. The van der Waals surface area contributed by atoms with E-state index in [2.05, 4.69) is 4.98 Å². The van der Waals surface area contributed by atoms with Gasteiger partial charge in [-0.2, -0.15) is 26.3 Å². The Kier molecular flexibility index (Phi) is 5.81. The molecule has 0 aliphatic rings. The zero-order valence-corrected chi connectivity index (χ0v) is 11.5.